The number of halogens is 3. The number of alkyl halides is 2. The Balaban J connectivity index is 1.70. The molecule has 3 heterocycles. The number of nitrogens with one attached hydrogen (secondary N) is 1. The molecule has 0 bridgehead atoms. The Hall–Kier alpha value is -2.83. The molecule has 0 amide bonds. The average Bonchev–Trinajstić information content (AvgIpc) is 3.30. The topological polar surface area (TPSA) is 91.3 Å². The number of aryl methyl sites for hydroxylation is 1. The number of rotatable bonds is 7. The third-order valence-electron chi connectivity index (χ3n) is 6.24. The number of aromatic nitrogens is 3. The summed E-state index contributed by atoms with van der Waals surface area (Å²) in [4.78, 5) is 14.8. The summed E-state index contributed by atoms with van der Waals surface area (Å²) in [6.07, 6.45) is -0.860. The van der Waals surface area contributed by atoms with Crippen LogP contribution in [0.2, 0.25) is 0 Å². The van der Waals surface area contributed by atoms with Crippen molar-refractivity contribution < 1.29 is 21.6 Å². The van der Waals surface area contributed by atoms with Gasteiger partial charge in [0.25, 0.3) is 16.4 Å². The summed E-state index contributed by atoms with van der Waals surface area (Å²) in [5.74, 6) is -0.347. The van der Waals surface area contributed by atoms with E-state index in [9.17, 15) is 21.6 Å². The highest BCUT2D eigenvalue weighted by molar-refractivity contribution is 7.89. The Morgan fingerprint density at radius 2 is 1.91 bits per heavy atom. The smallest absolute Gasteiger partial charge is 0.266 e. The second kappa shape index (κ2) is 9.67. The van der Waals surface area contributed by atoms with Gasteiger partial charge in [-0.05, 0) is 40.4 Å². The molecule has 0 radical (unpaired) electrons. The minimum Gasteiger partial charge on any atom is -0.363 e. The summed E-state index contributed by atoms with van der Waals surface area (Å²) in [6, 6.07) is 4.61. The van der Waals surface area contributed by atoms with Gasteiger partial charge in [0, 0.05) is 30.1 Å². The molecule has 35 heavy (non-hydrogen) atoms. The minimum atomic E-state index is -3.86. The Morgan fingerprint density at radius 3 is 2.57 bits per heavy atom. The van der Waals surface area contributed by atoms with E-state index in [0.29, 0.717) is 29.8 Å². The lowest BCUT2D eigenvalue weighted by Crippen LogP contribution is -2.34. The summed E-state index contributed by atoms with van der Waals surface area (Å²) < 4.78 is 69.0. The lowest BCUT2D eigenvalue weighted by atomic mass is 10.0. The van der Waals surface area contributed by atoms with Crippen LogP contribution in [-0.2, 0) is 10.0 Å². The van der Waals surface area contributed by atoms with Gasteiger partial charge in [0.05, 0.1) is 23.3 Å². The minimum absolute atomic E-state index is 0.0425. The largest absolute Gasteiger partial charge is 0.363 e. The second-order valence-corrected chi connectivity index (χ2v) is 10.7. The van der Waals surface area contributed by atoms with E-state index in [4.69, 9.17) is 0 Å². The molecular formula is C23H27F3N6O2S. The molecule has 0 unspecified atom stereocenters. The summed E-state index contributed by atoms with van der Waals surface area (Å²) in [5, 5.41) is 3.28. The Kier molecular flexibility index (Phi) is 6.98. The van der Waals surface area contributed by atoms with Gasteiger partial charge in [-0.15, -0.1) is 0 Å². The SMILES string of the molecule is Cc1nc(N[C@H](C)c2cccc(C(F)F)c2F)c2cc(S(=O)(=O)N3CC[C@@H](N(C)C)C3)ncc2n1. The molecule has 1 N–H and O–H groups in total. The van der Waals surface area contributed by atoms with Gasteiger partial charge >= 0.3 is 0 Å². The van der Waals surface area contributed by atoms with Crippen molar-refractivity contribution in [2.24, 2.45) is 0 Å². The van der Waals surface area contributed by atoms with Gasteiger partial charge in [-0.25, -0.2) is 36.5 Å². The van der Waals surface area contributed by atoms with Crippen LogP contribution < -0.4 is 5.32 Å². The molecule has 1 saturated heterocycles. The molecule has 0 aliphatic carbocycles. The summed E-state index contributed by atoms with van der Waals surface area (Å²) in [5.41, 5.74) is -0.236. The van der Waals surface area contributed by atoms with Crippen LogP contribution in [0.5, 0.6) is 0 Å². The zero-order valence-corrected chi connectivity index (χ0v) is 20.7. The zero-order chi connectivity index (χ0) is 25.5. The predicted molar refractivity (Wildman–Crippen MR) is 126 cm³/mol. The molecule has 1 aromatic carbocycles. The van der Waals surface area contributed by atoms with Crippen molar-refractivity contribution in [2.45, 2.75) is 43.8 Å². The Bertz CT molecular complexity index is 1350. The van der Waals surface area contributed by atoms with E-state index in [0.717, 1.165) is 12.5 Å². The van der Waals surface area contributed by atoms with Crippen LogP contribution in [-0.4, -0.2) is 65.8 Å². The molecule has 0 saturated carbocycles. The molecule has 1 aliphatic rings. The lowest BCUT2D eigenvalue weighted by Gasteiger charge is -2.20. The maximum Gasteiger partial charge on any atom is 0.266 e. The van der Waals surface area contributed by atoms with Crippen LogP contribution in [0, 0.1) is 12.7 Å². The van der Waals surface area contributed by atoms with Gasteiger partial charge in [0.2, 0.25) is 0 Å². The molecular weight excluding hydrogens is 481 g/mol. The van der Waals surface area contributed by atoms with Crippen molar-refractivity contribution >= 4 is 26.7 Å². The monoisotopic (exact) mass is 508 g/mol. The van der Waals surface area contributed by atoms with E-state index in [1.54, 1.807) is 13.8 Å². The van der Waals surface area contributed by atoms with Gasteiger partial charge in [-0.1, -0.05) is 18.2 Å². The highest BCUT2D eigenvalue weighted by atomic mass is 32.2. The van der Waals surface area contributed by atoms with Crippen LogP contribution in [0.1, 0.15) is 42.8 Å². The number of fused-ring (bicyclic) bond motifs is 1. The molecule has 2 atom stereocenters. The Morgan fingerprint density at radius 1 is 1.20 bits per heavy atom. The fourth-order valence-electron chi connectivity index (χ4n) is 4.22. The molecule has 1 aliphatic heterocycles. The quantitative estimate of drug-likeness (QED) is 0.518. The van der Waals surface area contributed by atoms with E-state index >= 15 is 0 Å². The number of hydrogen-bond donors (Lipinski definition) is 1. The van der Waals surface area contributed by atoms with Gasteiger partial charge in [-0.2, -0.15) is 4.31 Å². The van der Waals surface area contributed by atoms with E-state index in [-0.39, 0.29) is 22.4 Å². The predicted octanol–water partition coefficient (Wildman–Crippen LogP) is 3.91. The van der Waals surface area contributed by atoms with Gasteiger partial charge in [-0.3, -0.25) is 0 Å². The molecule has 1 fully saturated rings. The molecule has 0 spiro atoms. The second-order valence-electron chi connectivity index (χ2n) is 8.85. The summed E-state index contributed by atoms with van der Waals surface area (Å²) in [6.45, 7) is 4.02. The number of nitrogens with zero attached hydrogens (tertiary/aromatic N) is 5. The zero-order valence-electron chi connectivity index (χ0n) is 19.8. The van der Waals surface area contributed by atoms with Crippen molar-refractivity contribution in [3.63, 3.8) is 0 Å². The van der Waals surface area contributed by atoms with Crippen LogP contribution in [0.25, 0.3) is 10.9 Å². The van der Waals surface area contributed by atoms with Crippen LogP contribution in [0.4, 0.5) is 19.0 Å². The normalized spacial score (nSPS) is 18.0. The maximum atomic E-state index is 14.7. The standard InChI is InChI=1S/C23H27F3N6O2S/c1-13(16-6-5-7-17(21(16)24)22(25)26)28-23-18-10-20(27-11-19(18)29-14(2)30-23)35(33,34)32-9-8-15(12-32)31(3)4/h5-7,10-11,13,15,22H,8-9,12H2,1-4H3,(H,28,29,30)/t13-,15-/m1/s1. The Labute approximate surface area is 202 Å². The average molecular weight is 509 g/mol. The lowest BCUT2D eigenvalue weighted by molar-refractivity contribution is 0.146. The summed E-state index contributed by atoms with van der Waals surface area (Å²) >= 11 is 0. The van der Waals surface area contributed by atoms with Crippen molar-refractivity contribution in [3.8, 4) is 0 Å². The highest BCUT2D eigenvalue weighted by Gasteiger charge is 2.34. The third-order valence-corrected chi connectivity index (χ3v) is 8.01. The van der Waals surface area contributed by atoms with E-state index in [1.807, 2.05) is 19.0 Å². The van der Waals surface area contributed by atoms with Gasteiger partial charge in [0.15, 0.2) is 5.03 Å². The molecule has 12 heteroatoms. The van der Waals surface area contributed by atoms with Crippen molar-refractivity contribution in [3.05, 3.63) is 53.2 Å². The number of benzene rings is 1. The molecule has 8 nitrogen and oxygen atoms in total. The first-order valence-electron chi connectivity index (χ1n) is 11.1. The molecule has 4 rings (SSSR count). The van der Waals surface area contributed by atoms with Crippen molar-refractivity contribution in [1.82, 2.24) is 24.2 Å². The van der Waals surface area contributed by atoms with E-state index < -0.39 is 33.9 Å². The third kappa shape index (κ3) is 4.95. The maximum absolute atomic E-state index is 14.7. The first kappa shape index (κ1) is 25.3. The van der Waals surface area contributed by atoms with E-state index in [2.05, 4.69) is 20.3 Å². The first-order chi connectivity index (χ1) is 16.5. The first-order valence-corrected chi connectivity index (χ1v) is 12.6. The van der Waals surface area contributed by atoms with Gasteiger partial charge in [0.1, 0.15) is 17.5 Å². The van der Waals surface area contributed by atoms with Gasteiger partial charge < -0.3 is 10.2 Å². The number of likely N-dealkylation sites (N-methyl/N-ethyl adjacent to an activating group) is 1. The molecule has 188 valence electrons. The van der Waals surface area contributed by atoms with E-state index in [1.165, 1.54) is 28.7 Å². The number of hydrogen-bond acceptors (Lipinski definition) is 7. The number of anilines is 1. The van der Waals surface area contributed by atoms with Crippen LogP contribution in [0.15, 0.2) is 35.5 Å². The van der Waals surface area contributed by atoms with Crippen LogP contribution in [0.3, 0.4) is 0 Å². The summed E-state index contributed by atoms with van der Waals surface area (Å²) in [7, 11) is -0.0363. The van der Waals surface area contributed by atoms with Crippen LogP contribution >= 0.6 is 0 Å². The fraction of sp³-hybridized carbons (Fsp3) is 0.435. The number of pyridine rings is 1. The van der Waals surface area contributed by atoms with Crippen molar-refractivity contribution in [1.29, 1.82) is 0 Å². The molecule has 2 aromatic heterocycles. The van der Waals surface area contributed by atoms with Crippen molar-refractivity contribution in [2.75, 3.05) is 32.5 Å². The highest BCUT2D eigenvalue weighted by Crippen LogP contribution is 2.31. The fourth-order valence-corrected chi connectivity index (χ4v) is 5.65. The molecule has 3 aromatic rings. The number of sulfonamides is 1.